The van der Waals surface area contributed by atoms with Gasteiger partial charge in [0.1, 0.15) is 5.75 Å². The molecule has 0 heterocycles. The predicted octanol–water partition coefficient (Wildman–Crippen LogP) is 4.98. The zero-order valence-electron chi connectivity index (χ0n) is 12.8. The van der Waals surface area contributed by atoms with Crippen LogP contribution in [0.1, 0.15) is 34.0 Å². The summed E-state index contributed by atoms with van der Waals surface area (Å²) in [4.78, 5) is 23.5. The summed E-state index contributed by atoms with van der Waals surface area (Å²) in [7, 11) is 0. The molecule has 0 unspecified atom stereocenters. The molecule has 128 valence electrons. The third-order valence-electron chi connectivity index (χ3n) is 3.69. The summed E-state index contributed by atoms with van der Waals surface area (Å²) in [6.45, 7) is 1.25. The van der Waals surface area contributed by atoms with Gasteiger partial charge in [0.15, 0.2) is 0 Å². The Balaban J connectivity index is 2.04. The number of benzene rings is 2. The van der Waals surface area contributed by atoms with Gasteiger partial charge in [0.05, 0.1) is 10.0 Å². The van der Waals surface area contributed by atoms with E-state index in [0.717, 1.165) is 12.1 Å². The first kappa shape index (κ1) is 17.4. The van der Waals surface area contributed by atoms with E-state index in [1.54, 1.807) is 6.07 Å². The van der Waals surface area contributed by atoms with Crippen LogP contribution in [-0.2, 0) is 11.0 Å². The topological polar surface area (TPSA) is 43.4 Å². The van der Waals surface area contributed by atoms with E-state index in [2.05, 4.69) is 15.9 Å². The number of hydrogen-bond acceptors (Lipinski definition) is 3. The molecule has 7 heteroatoms. The van der Waals surface area contributed by atoms with Gasteiger partial charge in [-0.25, -0.2) is 0 Å². The fourth-order valence-corrected chi connectivity index (χ4v) is 3.27. The van der Waals surface area contributed by atoms with Crippen molar-refractivity contribution in [1.82, 2.24) is 0 Å². The Hall–Kier alpha value is -2.41. The molecule has 3 nitrogen and oxygen atoms in total. The molecule has 0 amide bonds. The predicted molar refractivity (Wildman–Crippen MR) is 88.5 cm³/mol. The number of carbonyl (C=O) groups is 2. The van der Waals surface area contributed by atoms with Crippen LogP contribution in [0.15, 0.2) is 46.9 Å². The zero-order chi connectivity index (χ0) is 18.4. The average Bonchev–Trinajstić information content (AvgIpc) is 2.78. The van der Waals surface area contributed by atoms with E-state index in [-0.39, 0.29) is 16.0 Å². The third kappa shape index (κ3) is 3.24. The minimum atomic E-state index is -4.42. The van der Waals surface area contributed by atoms with Crippen molar-refractivity contribution in [2.45, 2.75) is 13.1 Å². The maximum absolute atomic E-state index is 12.7. The van der Waals surface area contributed by atoms with Gasteiger partial charge < -0.3 is 4.74 Å². The van der Waals surface area contributed by atoms with E-state index in [9.17, 15) is 22.8 Å². The van der Waals surface area contributed by atoms with E-state index in [0.29, 0.717) is 22.3 Å². The Morgan fingerprint density at radius 1 is 1.04 bits per heavy atom. The maximum atomic E-state index is 12.7. The molecule has 0 spiro atoms. The van der Waals surface area contributed by atoms with Crippen LogP contribution in [0.25, 0.3) is 5.57 Å². The summed E-state index contributed by atoms with van der Waals surface area (Å²) in [6, 6.07) is 9.16. The molecule has 0 aliphatic heterocycles. The number of ether oxygens (including phenoxy) is 1. The third-order valence-corrected chi connectivity index (χ3v) is 4.44. The quantitative estimate of drug-likeness (QED) is 0.517. The second-order valence-corrected chi connectivity index (χ2v) is 6.19. The average molecular weight is 411 g/mol. The Labute approximate surface area is 149 Å². The molecular weight excluding hydrogens is 401 g/mol. The molecule has 0 N–H and O–H groups in total. The number of esters is 1. The molecular formula is C18H10BrF3O3. The van der Waals surface area contributed by atoms with E-state index < -0.39 is 17.7 Å². The molecule has 1 aliphatic carbocycles. The fraction of sp³-hybridized carbons (Fsp3) is 0.111. The van der Waals surface area contributed by atoms with Crippen LogP contribution in [-0.4, -0.2) is 11.8 Å². The number of halogens is 4. The SMILES string of the molecule is CC(=O)Oc1ccc2c(c1)C(=O)C(Br)=C2c1ccc(C(F)(F)F)cc1. The monoisotopic (exact) mass is 410 g/mol. The van der Waals surface area contributed by atoms with Gasteiger partial charge in [0.2, 0.25) is 5.78 Å². The number of allylic oxidation sites excluding steroid dienone is 1. The highest BCUT2D eigenvalue weighted by Gasteiger charge is 2.32. The molecule has 25 heavy (non-hydrogen) atoms. The molecule has 2 aromatic rings. The summed E-state index contributed by atoms with van der Waals surface area (Å²) in [5, 5.41) is 0. The Kier molecular flexibility index (Phi) is 4.28. The van der Waals surface area contributed by atoms with Crippen molar-refractivity contribution in [2.75, 3.05) is 0 Å². The number of fused-ring (bicyclic) bond motifs is 1. The summed E-state index contributed by atoms with van der Waals surface area (Å²) >= 11 is 3.22. The van der Waals surface area contributed by atoms with Crippen molar-refractivity contribution in [1.29, 1.82) is 0 Å². The van der Waals surface area contributed by atoms with Crippen molar-refractivity contribution in [2.24, 2.45) is 0 Å². The van der Waals surface area contributed by atoms with Crippen LogP contribution in [0.5, 0.6) is 5.75 Å². The number of alkyl halides is 3. The number of ketones is 1. The first-order valence-electron chi connectivity index (χ1n) is 7.13. The standard InChI is InChI=1S/C18H10BrF3O3/c1-9(23)25-12-6-7-13-14(8-12)17(24)16(19)15(13)10-2-4-11(5-3-10)18(20,21)22/h2-8H,1H3. The van der Waals surface area contributed by atoms with Crippen LogP contribution >= 0.6 is 15.9 Å². The lowest BCUT2D eigenvalue weighted by Gasteiger charge is -2.10. The lowest BCUT2D eigenvalue weighted by molar-refractivity contribution is -0.137. The second-order valence-electron chi connectivity index (χ2n) is 5.39. The van der Waals surface area contributed by atoms with Gasteiger partial charge in [-0.15, -0.1) is 0 Å². The Bertz CT molecular complexity index is 912. The number of Topliss-reactive ketones (excluding diaryl/α,β-unsaturated/α-hetero) is 1. The van der Waals surface area contributed by atoms with Crippen LogP contribution < -0.4 is 4.74 Å². The molecule has 0 atom stereocenters. The van der Waals surface area contributed by atoms with Gasteiger partial charge in [-0.05, 0) is 57.4 Å². The summed E-state index contributed by atoms with van der Waals surface area (Å²) in [6.07, 6.45) is -4.42. The van der Waals surface area contributed by atoms with E-state index >= 15 is 0 Å². The largest absolute Gasteiger partial charge is 0.427 e. The number of carbonyl (C=O) groups excluding carboxylic acids is 2. The zero-order valence-corrected chi connectivity index (χ0v) is 14.4. The van der Waals surface area contributed by atoms with Crippen molar-refractivity contribution in [3.05, 3.63) is 69.2 Å². The van der Waals surface area contributed by atoms with E-state index in [1.807, 2.05) is 0 Å². The normalized spacial score (nSPS) is 13.9. The first-order valence-corrected chi connectivity index (χ1v) is 7.92. The molecule has 0 fully saturated rings. The molecule has 0 radical (unpaired) electrons. The molecule has 0 bridgehead atoms. The number of rotatable bonds is 2. The van der Waals surface area contributed by atoms with Crippen molar-refractivity contribution in [3.8, 4) is 5.75 Å². The van der Waals surface area contributed by atoms with Gasteiger partial charge in [-0.2, -0.15) is 13.2 Å². The molecule has 3 rings (SSSR count). The lowest BCUT2D eigenvalue weighted by Crippen LogP contribution is -2.04. The van der Waals surface area contributed by atoms with Gasteiger partial charge in [0.25, 0.3) is 0 Å². The first-order chi connectivity index (χ1) is 11.7. The van der Waals surface area contributed by atoms with E-state index in [4.69, 9.17) is 4.74 Å². The summed E-state index contributed by atoms with van der Waals surface area (Å²) < 4.78 is 43.3. The minimum Gasteiger partial charge on any atom is -0.427 e. The molecule has 1 aliphatic rings. The highest BCUT2D eigenvalue weighted by atomic mass is 79.9. The lowest BCUT2D eigenvalue weighted by atomic mass is 9.98. The maximum Gasteiger partial charge on any atom is 0.416 e. The van der Waals surface area contributed by atoms with Gasteiger partial charge in [-0.1, -0.05) is 12.1 Å². The smallest absolute Gasteiger partial charge is 0.416 e. The Morgan fingerprint density at radius 2 is 1.68 bits per heavy atom. The highest BCUT2D eigenvalue weighted by Crippen LogP contribution is 2.42. The van der Waals surface area contributed by atoms with Crippen LogP contribution in [0.3, 0.4) is 0 Å². The van der Waals surface area contributed by atoms with Crippen molar-refractivity contribution < 1.29 is 27.5 Å². The van der Waals surface area contributed by atoms with Crippen LogP contribution in [0.4, 0.5) is 13.2 Å². The van der Waals surface area contributed by atoms with Crippen LogP contribution in [0.2, 0.25) is 0 Å². The Morgan fingerprint density at radius 3 is 2.24 bits per heavy atom. The van der Waals surface area contributed by atoms with Gasteiger partial charge >= 0.3 is 12.1 Å². The van der Waals surface area contributed by atoms with Crippen LogP contribution in [0, 0.1) is 0 Å². The summed E-state index contributed by atoms with van der Waals surface area (Å²) in [5.74, 6) is -0.604. The second kappa shape index (κ2) is 6.15. The van der Waals surface area contributed by atoms with Crippen molar-refractivity contribution in [3.63, 3.8) is 0 Å². The van der Waals surface area contributed by atoms with Crippen molar-refractivity contribution >= 4 is 33.3 Å². The molecule has 0 saturated heterocycles. The van der Waals surface area contributed by atoms with Gasteiger partial charge in [0, 0.05) is 18.1 Å². The number of hydrogen-bond donors (Lipinski definition) is 0. The highest BCUT2D eigenvalue weighted by molar-refractivity contribution is 9.12. The fourth-order valence-electron chi connectivity index (χ4n) is 2.62. The van der Waals surface area contributed by atoms with Gasteiger partial charge in [-0.3, -0.25) is 9.59 Å². The molecule has 0 saturated carbocycles. The minimum absolute atomic E-state index is 0.230. The molecule has 2 aromatic carbocycles. The van der Waals surface area contributed by atoms with E-state index in [1.165, 1.54) is 31.2 Å². The molecule has 0 aromatic heterocycles. The summed E-state index contributed by atoms with van der Waals surface area (Å²) in [5.41, 5.74) is 1.10.